The Hall–Kier alpha value is -1.79. The topological polar surface area (TPSA) is 42.4 Å². The first-order valence-electron chi connectivity index (χ1n) is 7.96. The second-order valence-corrected chi connectivity index (χ2v) is 6.92. The Balaban J connectivity index is 2.05. The van der Waals surface area contributed by atoms with Gasteiger partial charge in [-0.2, -0.15) is 0 Å². The molecule has 130 valence electrons. The van der Waals surface area contributed by atoms with Gasteiger partial charge >= 0.3 is 0 Å². The van der Waals surface area contributed by atoms with Crippen LogP contribution in [-0.4, -0.2) is 42.6 Å². The van der Waals surface area contributed by atoms with Gasteiger partial charge in [-0.1, -0.05) is 26.0 Å². The molecule has 2 aromatic rings. The van der Waals surface area contributed by atoms with Gasteiger partial charge in [0.1, 0.15) is 10.8 Å². The Kier molecular flexibility index (Phi) is 6.87. The number of hydrogen-bond acceptors (Lipinski definition) is 4. The maximum absolute atomic E-state index is 13.3. The third kappa shape index (κ3) is 5.39. The number of rotatable bonds is 8. The quantitative estimate of drug-likeness (QED) is 0.730. The van der Waals surface area contributed by atoms with Crippen molar-refractivity contribution in [2.24, 2.45) is 5.92 Å². The molecule has 0 atom stereocenters. The summed E-state index contributed by atoms with van der Waals surface area (Å²) in [7, 11) is 1.63. The summed E-state index contributed by atoms with van der Waals surface area (Å²) in [6, 6.07) is 6.33. The van der Waals surface area contributed by atoms with Crippen LogP contribution in [-0.2, 0) is 16.0 Å². The molecule has 0 unspecified atom stereocenters. The molecular formula is C18H23FN2O2S. The van der Waals surface area contributed by atoms with E-state index in [2.05, 4.69) is 18.8 Å². The molecule has 2 rings (SSSR count). The van der Waals surface area contributed by atoms with Crippen LogP contribution in [0.3, 0.4) is 0 Å². The predicted molar refractivity (Wildman–Crippen MR) is 94.5 cm³/mol. The molecule has 0 saturated carbocycles. The van der Waals surface area contributed by atoms with Crippen LogP contribution in [0, 0.1) is 11.7 Å². The molecule has 0 spiro atoms. The van der Waals surface area contributed by atoms with E-state index >= 15 is 0 Å². The van der Waals surface area contributed by atoms with E-state index in [-0.39, 0.29) is 18.1 Å². The van der Waals surface area contributed by atoms with Crippen LogP contribution in [0.15, 0.2) is 29.6 Å². The van der Waals surface area contributed by atoms with Gasteiger partial charge in [0.15, 0.2) is 0 Å². The smallest absolute Gasteiger partial charge is 0.228 e. The highest BCUT2D eigenvalue weighted by molar-refractivity contribution is 7.13. The van der Waals surface area contributed by atoms with E-state index in [0.717, 1.165) is 16.3 Å². The summed E-state index contributed by atoms with van der Waals surface area (Å²) in [5.74, 6) is 0.143. The lowest BCUT2D eigenvalue weighted by molar-refractivity contribution is -0.131. The Morgan fingerprint density at radius 2 is 2.21 bits per heavy atom. The number of hydrogen-bond donors (Lipinski definition) is 0. The van der Waals surface area contributed by atoms with Crippen molar-refractivity contribution in [3.05, 3.63) is 41.2 Å². The molecule has 4 nitrogen and oxygen atoms in total. The highest BCUT2D eigenvalue weighted by Crippen LogP contribution is 2.24. The van der Waals surface area contributed by atoms with Gasteiger partial charge in [0, 0.05) is 31.1 Å². The number of methoxy groups -OCH3 is 1. The Morgan fingerprint density at radius 1 is 1.42 bits per heavy atom. The standard InChI is InChI=1S/C18H23FN2O2S/c1-13(2)11-21(7-8-23-3)17(22)10-16-12-24-18(20-16)14-5-4-6-15(19)9-14/h4-6,9,12-13H,7-8,10-11H2,1-3H3. The summed E-state index contributed by atoms with van der Waals surface area (Å²) in [6.45, 7) is 5.96. The van der Waals surface area contributed by atoms with Gasteiger partial charge in [-0.25, -0.2) is 9.37 Å². The number of benzene rings is 1. The van der Waals surface area contributed by atoms with Gasteiger partial charge < -0.3 is 9.64 Å². The molecule has 0 fully saturated rings. The molecule has 1 heterocycles. The number of amides is 1. The highest BCUT2D eigenvalue weighted by Gasteiger charge is 2.17. The molecule has 24 heavy (non-hydrogen) atoms. The van der Waals surface area contributed by atoms with E-state index in [1.807, 2.05) is 16.3 Å². The zero-order valence-corrected chi connectivity index (χ0v) is 15.1. The Bertz CT molecular complexity index is 673. The van der Waals surface area contributed by atoms with Crippen molar-refractivity contribution in [3.63, 3.8) is 0 Å². The zero-order chi connectivity index (χ0) is 17.5. The number of thiazole rings is 1. The molecule has 0 aliphatic heterocycles. The van der Waals surface area contributed by atoms with Crippen LogP contribution in [0.1, 0.15) is 19.5 Å². The molecule has 6 heteroatoms. The fraction of sp³-hybridized carbons (Fsp3) is 0.444. The minimum atomic E-state index is -0.289. The van der Waals surface area contributed by atoms with Crippen LogP contribution in [0.25, 0.3) is 10.6 Å². The Morgan fingerprint density at radius 3 is 2.88 bits per heavy atom. The second kappa shape index (κ2) is 8.89. The number of aromatic nitrogens is 1. The van der Waals surface area contributed by atoms with Crippen LogP contribution in [0.2, 0.25) is 0 Å². The van der Waals surface area contributed by atoms with Gasteiger partial charge in [-0.15, -0.1) is 11.3 Å². The first-order valence-corrected chi connectivity index (χ1v) is 8.84. The third-order valence-corrected chi connectivity index (χ3v) is 4.40. The molecule has 0 N–H and O–H groups in total. The maximum atomic E-state index is 13.3. The van der Waals surface area contributed by atoms with Crippen LogP contribution in [0.5, 0.6) is 0 Å². The predicted octanol–water partition coefficient (Wildman–Crippen LogP) is 3.62. The van der Waals surface area contributed by atoms with E-state index < -0.39 is 0 Å². The summed E-state index contributed by atoms with van der Waals surface area (Å²) in [4.78, 5) is 18.8. The lowest BCUT2D eigenvalue weighted by atomic mass is 10.2. The van der Waals surface area contributed by atoms with Crippen molar-refractivity contribution in [2.45, 2.75) is 20.3 Å². The van der Waals surface area contributed by atoms with Crippen molar-refractivity contribution < 1.29 is 13.9 Å². The van der Waals surface area contributed by atoms with Gasteiger partial charge in [0.25, 0.3) is 0 Å². The molecule has 1 aromatic carbocycles. The Labute approximate surface area is 146 Å². The highest BCUT2D eigenvalue weighted by atomic mass is 32.1. The fourth-order valence-electron chi connectivity index (χ4n) is 2.37. The van der Waals surface area contributed by atoms with E-state index in [9.17, 15) is 9.18 Å². The van der Waals surface area contributed by atoms with Crippen molar-refractivity contribution in [1.82, 2.24) is 9.88 Å². The van der Waals surface area contributed by atoms with Crippen LogP contribution < -0.4 is 0 Å². The van der Waals surface area contributed by atoms with Crippen molar-refractivity contribution in [3.8, 4) is 10.6 Å². The molecule has 0 aliphatic rings. The normalized spacial score (nSPS) is 11.0. The van der Waals surface area contributed by atoms with E-state index in [1.54, 1.807) is 13.2 Å². The lowest BCUT2D eigenvalue weighted by Gasteiger charge is -2.24. The third-order valence-electron chi connectivity index (χ3n) is 3.46. The molecule has 1 amide bonds. The number of carbonyl (C=O) groups is 1. The maximum Gasteiger partial charge on any atom is 0.228 e. The fourth-order valence-corrected chi connectivity index (χ4v) is 3.19. The molecular weight excluding hydrogens is 327 g/mol. The average molecular weight is 350 g/mol. The van der Waals surface area contributed by atoms with Crippen molar-refractivity contribution in [2.75, 3.05) is 26.8 Å². The summed E-state index contributed by atoms with van der Waals surface area (Å²) in [6.07, 6.45) is 0.252. The molecule has 1 aromatic heterocycles. The lowest BCUT2D eigenvalue weighted by Crippen LogP contribution is -2.37. The minimum Gasteiger partial charge on any atom is -0.383 e. The molecule has 0 saturated heterocycles. The monoisotopic (exact) mass is 350 g/mol. The number of nitrogens with zero attached hydrogens (tertiary/aromatic N) is 2. The molecule has 0 aliphatic carbocycles. The van der Waals surface area contributed by atoms with Crippen molar-refractivity contribution in [1.29, 1.82) is 0 Å². The minimum absolute atomic E-state index is 0.0387. The van der Waals surface area contributed by atoms with Gasteiger partial charge in [-0.3, -0.25) is 4.79 Å². The number of carbonyl (C=O) groups excluding carboxylic acids is 1. The van der Waals surface area contributed by atoms with Gasteiger partial charge in [-0.05, 0) is 18.1 Å². The zero-order valence-electron chi connectivity index (χ0n) is 14.3. The van der Waals surface area contributed by atoms with Crippen LogP contribution >= 0.6 is 11.3 Å². The SMILES string of the molecule is COCCN(CC(C)C)C(=O)Cc1csc(-c2cccc(F)c2)n1. The number of ether oxygens (including phenoxy) is 1. The summed E-state index contributed by atoms with van der Waals surface area (Å²) >= 11 is 1.42. The van der Waals surface area contributed by atoms with E-state index in [4.69, 9.17) is 4.74 Å². The van der Waals surface area contributed by atoms with E-state index in [1.165, 1.54) is 23.5 Å². The average Bonchev–Trinajstić information content (AvgIpc) is 2.99. The summed E-state index contributed by atoms with van der Waals surface area (Å²) < 4.78 is 18.4. The summed E-state index contributed by atoms with van der Waals surface area (Å²) in [5.41, 5.74) is 1.45. The first kappa shape index (κ1) is 18.5. The number of halogens is 1. The van der Waals surface area contributed by atoms with E-state index in [0.29, 0.717) is 25.6 Å². The molecule has 0 bridgehead atoms. The van der Waals surface area contributed by atoms with Gasteiger partial charge in [0.05, 0.1) is 18.7 Å². The largest absolute Gasteiger partial charge is 0.383 e. The summed E-state index contributed by atoms with van der Waals surface area (Å²) in [5, 5.41) is 2.59. The van der Waals surface area contributed by atoms with Crippen LogP contribution in [0.4, 0.5) is 4.39 Å². The van der Waals surface area contributed by atoms with Gasteiger partial charge in [0.2, 0.25) is 5.91 Å². The molecule has 0 radical (unpaired) electrons. The van der Waals surface area contributed by atoms with Crippen molar-refractivity contribution >= 4 is 17.2 Å². The first-order chi connectivity index (χ1) is 11.5. The second-order valence-electron chi connectivity index (χ2n) is 6.06.